The molecular formula is C42H74O4. The number of aliphatic hydroxyl groups excluding tert-OH is 2. The summed E-state index contributed by atoms with van der Waals surface area (Å²) in [4.78, 5) is 11.4. The molecule has 0 aromatic rings. The van der Waals surface area contributed by atoms with Crippen LogP contribution in [0.1, 0.15) is 176 Å². The second kappa shape index (κ2) is 17.7. The van der Waals surface area contributed by atoms with Crippen LogP contribution in [0, 0.1) is 58.2 Å². The van der Waals surface area contributed by atoms with E-state index in [-0.39, 0.29) is 29.5 Å². The third-order valence-electron chi connectivity index (χ3n) is 14.8. The van der Waals surface area contributed by atoms with Gasteiger partial charge in [0.1, 0.15) is 0 Å². The van der Waals surface area contributed by atoms with E-state index in [4.69, 9.17) is 0 Å². The summed E-state index contributed by atoms with van der Waals surface area (Å²) in [6, 6.07) is 0. The number of rotatable bonds is 19. The zero-order chi connectivity index (χ0) is 33.3. The van der Waals surface area contributed by atoms with Gasteiger partial charge in [-0.05, 0) is 135 Å². The van der Waals surface area contributed by atoms with Gasteiger partial charge >= 0.3 is 5.97 Å². The van der Waals surface area contributed by atoms with Crippen LogP contribution in [0.2, 0.25) is 0 Å². The fourth-order valence-electron chi connectivity index (χ4n) is 12.3. The van der Waals surface area contributed by atoms with Crippen molar-refractivity contribution in [3.63, 3.8) is 0 Å². The van der Waals surface area contributed by atoms with Crippen LogP contribution < -0.4 is 0 Å². The van der Waals surface area contributed by atoms with Crippen LogP contribution in [0.4, 0.5) is 0 Å². The van der Waals surface area contributed by atoms with Gasteiger partial charge < -0.3 is 15.3 Å². The molecule has 0 heterocycles. The molecule has 0 radical (unpaired) electrons. The molecular weight excluding hydrogens is 568 g/mol. The van der Waals surface area contributed by atoms with Gasteiger partial charge in [0.15, 0.2) is 0 Å². The number of aliphatic carboxylic acids is 1. The highest BCUT2D eigenvalue weighted by molar-refractivity contribution is 5.66. The Balaban J connectivity index is 1.52. The van der Waals surface area contributed by atoms with Crippen molar-refractivity contribution in [3.8, 4) is 0 Å². The highest BCUT2D eigenvalue weighted by Gasteiger charge is 2.65. The number of fused-ring (bicyclic) bond motifs is 5. The van der Waals surface area contributed by atoms with E-state index >= 15 is 0 Å². The minimum Gasteiger partial charge on any atom is -0.481 e. The van der Waals surface area contributed by atoms with Gasteiger partial charge in [-0.25, -0.2) is 0 Å². The molecule has 4 saturated carbocycles. The molecule has 4 fully saturated rings. The summed E-state index contributed by atoms with van der Waals surface area (Å²) in [6.07, 6.45) is 29.8. The Labute approximate surface area is 284 Å². The molecule has 46 heavy (non-hydrogen) atoms. The zero-order valence-corrected chi connectivity index (χ0v) is 30.7. The number of hydrogen-bond donors (Lipinski definition) is 3. The smallest absolute Gasteiger partial charge is 0.303 e. The van der Waals surface area contributed by atoms with E-state index in [1.807, 2.05) is 0 Å². The SMILES string of the molecule is CCCCCCCCC=CCC(CCCCCC)C1C[C@@H](O)CC2C[C@@H](O)[C@@H]3[C@H](CC[C@]4(C)[C@@H]([C@H](C)CCC(=O)O)CC[C@@H]34)[C@]21C. The van der Waals surface area contributed by atoms with E-state index in [2.05, 4.69) is 46.8 Å². The molecule has 3 N–H and O–H groups in total. The van der Waals surface area contributed by atoms with Crippen LogP contribution in [0.5, 0.6) is 0 Å². The summed E-state index contributed by atoms with van der Waals surface area (Å²) in [7, 11) is 0. The van der Waals surface area contributed by atoms with Gasteiger partial charge in [0.25, 0.3) is 0 Å². The molecule has 0 aromatic heterocycles. The van der Waals surface area contributed by atoms with Gasteiger partial charge in [-0.1, -0.05) is 105 Å². The number of unbranched alkanes of at least 4 members (excludes halogenated alkanes) is 9. The first kappa shape index (κ1) is 37.9. The lowest BCUT2D eigenvalue weighted by Gasteiger charge is -2.65. The molecule has 12 atom stereocenters. The number of hydrogen-bond acceptors (Lipinski definition) is 3. The molecule has 266 valence electrons. The second-order valence-electron chi connectivity index (χ2n) is 17.4. The van der Waals surface area contributed by atoms with Crippen LogP contribution in [-0.4, -0.2) is 33.5 Å². The van der Waals surface area contributed by atoms with Gasteiger partial charge in [0.2, 0.25) is 0 Å². The number of carboxylic acids is 1. The average molecular weight is 643 g/mol. The lowest BCUT2D eigenvalue weighted by atomic mass is 9.40. The fourth-order valence-corrected chi connectivity index (χ4v) is 12.3. The van der Waals surface area contributed by atoms with Gasteiger partial charge in [0.05, 0.1) is 12.2 Å². The van der Waals surface area contributed by atoms with Crippen LogP contribution in [0.3, 0.4) is 0 Å². The minimum atomic E-state index is -0.677. The van der Waals surface area contributed by atoms with Crippen molar-refractivity contribution in [3.05, 3.63) is 12.2 Å². The Morgan fingerprint density at radius 3 is 2.22 bits per heavy atom. The summed E-state index contributed by atoms with van der Waals surface area (Å²) in [6.45, 7) is 12.0. The van der Waals surface area contributed by atoms with Crippen LogP contribution in [0.25, 0.3) is 0 Å². The molecule has 0 saturated heterocycles. The van der Waals surface area contributed by atoms with Crippen LogP contribution in [0.15, 0.2) is 12.2 Å². The predicted molar refractivity (Wildman–Crippen MR) is 192 cm³/mol. The predicted octanol–water partition coefficient (Wildman–Crippen LogP) is 11.0. The van der Waals surface area contributed by atoms with E-state index in [9.17, 15) is 20.1 Å². The van der Waals surface area contributed by atoms with E-state index in [1.54, 1.807) is 0 Å². The number of carbonyl (C=O) groups is 1. The van der Waals surface area contributed by atoms with Gasteiger partial charge in [-0.2, -0.15) is 0 Å². The van der Waals surface area contributed by atoms with Crippen molar-refractivity contribution in [2.75, 3.05) is 0 Å². The molecule has 0 amide bonds. The fraction of sp³-hybridized carbons (Fsp3) is 0.929. The lowest BCUT2D eigenvalue weighted by molar-refractivity contribution is -0.204. The first-order valence-corrected chi connectivity index (χ1v) is 20.3. The lowest BCUT2D eigenvalue weighted by Crippen LogP contribution is -2.62. The highest BCUT2D eigenvalue weighted by Crippen LogP contribution is 2.70. The monoisotopic (exact) mass is 643 g/mol. The van der Waals surface area contributed by atoms with Crippen molar-refractivity contribution >= 4 is 5.97 Å². The molecule has 3 unspecified atom stereocenters. The molecule has 0 spiro atoms. The van der Waals surface area contributed by atoms with Crippen LogP contribution >= 0.6 is 0 Å². The van der Waals surface area contributed by atoms with E-state index in [0.29, 0.717) is 47.3 Å². The largest absolute Gasteiger partial charge is 0.481 e. The maximum atomic E-state index is 12.0. The maximum absolute atomic E-state index is 12.0. The number of allylic oxidation sites excluding steroid dienone is 2. The first-order valence-electron chi connectivity index (χ1n) is 20.3. The molecule has 4 aliphatic carbocycles. The summed E-state index contributed by atoms with van der Waals surface area (Å²) < 4.78 is 0. The van der Waals surface area contributed by atoms with Crippen molar-refractivity contribution in [2.45, 2.75) is 188 Å². The maximum Gasteiger partial charge on any atom is 0.303 e. The van der Waals surface area contributed by atoms with Gasteiger partial charge in [-0.3, -0.25) is 4.79 Å². The highest BCUT2D eigenvalue weighted by atomic mass is 16.4. The van der Waals surface area contributed by atoms with Gasteiger partial charge in [-0.15, -0.1) is 0 Å². The molecule has 4 aliphatic rings. The minimum absolute atomic E-state index is 0.167. The Morgan fingerprint density at radius 1 is 0.804 bits per heavy atom. The summed E-state index contributed by atoms with van der Waals surface area (Å²) in [5.41, 5.74) is 0.367. The molecule has 4 nitrogen and oxygen atoms in total. The first-order chi connectivity index (χ1) is 22.1. The standard InChI is InChI=1S/C42H74O4/c1-6-8-10-12-13-14-15-16-18-20-31(19-17-11-9-7-2)37-29-33(43)27-32-28-38(44)40-35-23-22-34(30(3)21-24-39(45)46)41(35,4)26-25-36(40)42(32,37)5/h16,18,30-38,40,43-44H,6-15,17,19-29H2,1-5H3,(H,45,46)/t30-,31?,32?,33+,34-,35+,36+,37?,38-,40+,41-,42+/m1/s1. The quantitative estimate of drug-likeness (QED) is 0.0967. The molecule has 4 heteroatoms. The van der Waals surface area contributed by atoms with E-state index in [0.717, 1.165) is 32.1 Å². The van der Waals surface area contributed by atoms with Crippen molar-refractivity contribution in [1.82, 2.24) is 0 Å². The van der Waals surface area contributed by atoms with E-state index < -0.39 is 5.97 Å². The molecule has 4 rings (SSSR count). The summed E-state index contributed by atoms with van der Waals surface area (Å²) in [5, 5.41) is 32.7. The van der Waals surface area contributed by atoms with Crippen molar-refractivity contribution in [2.24, 2.45) is 58.2 Å². The average Bonchev–Trinajstić information content (AvgIpc) is 3.38. The Hall–Kier alpha value is -0.870. The molecule has 0 aliphatic heterocycles. The van der Waals surface area contributed by atoms with Gasteiger partial charge in [0, 0.05) is 6.42 Å². The van der Waals surface area contributed by atoms with Crippen molar-refractivity contribution < 1.29 is 20.1 Å². The van der Waals surface area contributed by atoms with Crippen LogP contribution in [-0.2, 0) is 4.79 Å². The Morgan fingerprint density at radius 2 is 1.50 bits per heavy atom. The third kappa shape index (κ3) is 8.64. The topological polar surface area (TPSA) is 77.8 Å². The third-order valence-corrected chi connectivity index (χ3v) is 14.8. The Kier molecular flexibility index (Phi) is 14.6. The number of aliphatic hydroxyl groups is 2. The second-order valence-corrected chi connectivity index (χ2v) is 17.4. The zero-order valence-electron chi connectivity index (χ0n) is 30.7. The summed E-state index contributed by atoms with van der Waals surface area (Å²) in [5.74, 6) is 3.22. The van der Waals surface area contributed by atoms with E-state index in [1.165, 1.54) is 103 Å². The van der Waals surface area contributed by atoms with Crippen molar-refractivity contribution in [1.29, 1.82) is 0 Å². The normalized spacial score (nSPS) is 38.7. The Bertz CT molecular complexity index is 946. The summed E-state index contributed by atoms with van der Waals surface area (Å²) >= 11 is 0. The number of carboxylic acid groups (broad SMARTS) is 1. The molecule has 0 bridgehead atoms. The molecule has 0 aromatic carbocycles.